The maximum atomic E-state index is 13.2. The van der Waals surface area contributed by atoms with Gasteiger partial charge in [-0.3, -0.25) is 14.2 Å². The van der Waals surface area contributed by atoms with Gasteiger partial charge in [0.25, 0.3) is 5.56 Å². The summed E-state index contributed by atoms with van der Waals surface area (Å²) < 4.78 is 1.41. The van der Waals surface area contributed by atoms with Crippen molar-refractivity contribution in [1.82, 2.24) is 9.55 Å². The van der Waals surface area contributed by atoms with Crippen molar-refractivity contribution < 1.29 is 4.79 Å². The molecule has 6 heteroatoms. The minimum atomic E-state index is -0.189. The number of amides is 1. The summed E-state index contributed by atoms with van der Waals surface area (Å²) in [4.78, 5) is 33.1. The van der Waals surface area contributed by atoms with Gasteiger partial charge in [0.2, 0.25) is 5.91 Å². The number of fused-ring (bicyclic) bond motifs is 1. The smallest absolute Gasteiger partial charge is 0.263 e. The van der Waals surface area contributed by atoms with E-state index in [2.05, 4.69) is 4.98 Å². The van der Waals surface area contributed by atoms with Crippen LogP contribution in [0, 0.1) is 13.8 Å². The quantitative estimate of drug-likeness (QED) is 0.469. The highest BCUT2D eigenvalue weighted by molar-refractivity contribution is 7.17. The van der Waals surface area contributed by atoms with Crippen LogP contribution in [-0.4, -0.2) is 22.0 Å². The first-order chi connectivity index (χ1) is 14.5. The number of anilines is 1. The van der Waals surface area contributed by atoms with Crippen LogP contribution in [0.3, 0.4) is 0 Å². The fraction of sp³-hybridized carbons (Fsp3) is 0.208. The summed E-state index contributed by atoms with van der Waals surface area (Å²) in [7, 11) is 0. The number of aryl methyl sites for hydroxylation is 2. The zero-order valence-corrected chi connectivity index (χ0v) is 18.1. The normalized spacial score (nSPS) is 11.0. The molecule has 4 aromatic rings. The Balaban J connectivity index is 1.70. The predicted octanol–water partition coefficient (Wildman–Crippen LogP) is 4.79. The van der Waals surface area contributed by atoms with Gasteiger partial charge in [0, 0.05) is 23.2 Å². The van der Waals surface area contributed by atoms with Gasteiger partial charge in [0.15, 0.2) is 0 Å². The number of nitrogens with zero attached hydrogens (tertiary/aromatic N) is 3. The second kappa shape index (κ2) is 8.24. The molecule has 0 aliphatic heterocycles. The van der Waals surface area contributed by atoms with Crippen molar-refractivity contribution >= 4 is 33.1 Å². The molecule has 2 aromatic carbocycles. The van der Waals surface area contributed by atoms with Gasteiger partial charge in [-0.2, -0.15) is 0 Å². The van der Waals surface area contributed by atoms with E-state index in [9.17, 15) is 9.59 Å². The van der Waals surface area contributed by atoms with Crippen molar-refractivity contribution in [1.29, 1.82) is 0 Å². The summed E-state index contributed by atoms with van der Waals surface area (Å²) in [6.07, 6.45) is 1.47. The average molecular weight is 418 g/mol. The second-order valence-corrected chi connectivity index (χ2v) is 8.21. The topological polar surface area (TPSA) is 55.2 Å². The number of aromatic nitrogens is 2. The molecule has 0 saturated heterocycles. The number of benzene rings is 2. The number of rotatable bonds is 5. The van der Waals surface area contributed by atoms with Gasteiger partial charge in [-0.05, 0) is 44.0 Å². The Labute approximate surface area is 179 Å². The molecule has 0 unspecified atom stereocenters. The highest BCUT2D eigenvalue weighted by atomic mass is 32.1. The van der Waals surface area contributed by atoms with E-state index in [0.717, 1.165) is 27.9 Å². The molecule has 1 amide bonds. The van der Waals surface area contributed by atoms with Gasteiger partial charge in [0.1, 0.15) is 11.4 Å². The van der Waals surface area contributed by atoms with Gasteiger partial charge in [-0.1, -0.05) is 42.0 Å². The van der Waals surface area contributed by atoms with Crippen LogP contribution >= 0.6 is 11.3 Å². The van der Waals surface area contributed by atoms with E-state index in [4.69, 9.17) is 0 Å². The SMILES string of the molecule is CCN(C(=O)Cn1cnc2scc(-c3ccc(C)cc3)c2c1=O)c1cccc(C)c1. The lowest BCUT2D eigenvalue weighted by Gasteiger charge is -2.22. The third-order valence-corrected chi connectivity index (χ3v) is 6.05. The summed E-state index contributed by atoms with van der Waals surface area (Å²) in [5.74, 6) is -0.140. The van der Waals surface area contributed by atoms with Crippen LogP contribution in [0.25, 0.3) is 21.3 Å². The van der Waals surface area contributed by atoms with Gasteiger partial charge >= 0.3 is 0 Å². The van der Waals surface area contributed by atoms with Gasteiger partial charge in [-0.25, -0.2) is 4.98 Å². The van der Waals surface area contributed by atoms with Crippen LogP contribution in [0.4, 0.5) is 5.69 Å². The van der Waals surface area contributed by atoms with E-state index in [0.29, 0.717) is 16.8 Å². The van der Waals surface area contributed by atoms with Crippen molar-refractivity contribution in [3.8, 4) is 11.1 Å². The number of hydrogen-bond acceptors (Lipinski definition) is 4. The molecule has 0 bridgehead atoms. The largest absolute Gasteiger partial charge is 0.311 e. The molecule has 0 radical (unpaired) electrons. The molecule has 30 heavy (non-hydrogen) atoms. The lowest BCUT2D eigenvalue weighted by molar-refractivity contribution is -0.119. The number of likely N-dealkylation sites (N-methyl/N-ethyl adjacent to an activating group) is 1. The van der Waals surface area contributed by atoms with E-state index < -0.39 is 0 Å². The van der Waals surface area contributed by atoms with Gasteiger partial charge < -0.3 is 4.90 Å². The number of carbonyl (C=O) groups is 1. The van der Waals surface area contributed by atoms with Crippen molar-refractivity contribution in [3.63, 3.8) is 0 Å². The van der Waals surface area contributed by atoms with Crippen molar-refractivity contribution in [3.05, 3.63) is 81.7 Å². The highest BCUT2D eigenvalue weighted by Crippen LogP contribution is 2.30. The zero-order valence-electron chi connectivity index (χ0n) is 17.3. The standard InChI is InChI=1S/C24H23N3O2S/c1-4-27(19-7-5-6-17(3)12-19)21(28)13-26-15-25-23-22(24(26)29)20(14-30-23)18-10-8-16(2)9-11-18/h5-12,14-15H,4,13H2,1-3H3. The van der Waals surface area contributed by atoms with E-state index in [1.54, 1.807) is 4.90 Å². The molecule has 0 aliphatic rings. The van der Waals surface area contributed by atoms with E-state index in [1.807, 2.05) is 74.7 Å². The highest BCUT2D eigenvalue weighted by Gasteiger charge is 2.18. The fourth-order valence-electron chi connectivity index (χ4n) is 3.56. The zero-order chi connectivity index (χ0) is 21.3. The molecule has 0 fully saturated rings. The van der Waals surface area contributed by atoms with Crippen molar-refractivity contribution in [2.75, 3.05) is 11.4 Å². The molecule has 0 aliphatic carbocycles. The molecule has 0 spiro atoms. The molecular formula is C24H23N3O2S. The van der Waals surface area contributed by atoms with Crippen LogP contribution in [0.15, 0.2) is 65.0 Å². The molecule has 0 saturated carbocycles. The summed E-state index contributed by atoms with van der Waals surface area (Å²) >= 11 is 1.44. The summed E-state index contributed by atoms with van der Waals surface area (Å²) in [5.41, 5.74) is 4.73. The molecular weight excluding hydrogens is 394 g/mol. The molecule has 0 atom stereocenters. The van der Waals surface area contributed by atoms with Gasteiger partial charge in [0.05, 0.1) is 11.7 Å². The number of carbonyl (C=O) groups excluding carboxylic acids is 1. The van der Waals surface area contributed by atoms with Crippen molar-refractivity contribution in [2.45, 2.75) is 27.3 Å². The molecule has 4 rings (SSSR count). The van der Waals surface area contributed by atoms with Crippen LogP contribution < -0.4 is 10.5 Å². The Morgan fingerprint density at radius 1 is 1.10 bits per heavy atom. The predicted molar refractivity (Wildman–Crippen MR) is 123 cm³/mol. The average Bonchev–Trinajstić information content (AvgIpc) is 3.16. The van der Waals surface area contributed by atoms with E-state index >= 15 is 0 Å². The van der Waals surface area contributed by atoms with E-state index in [1.165, 1.54) is 22.2 Å². The third-order valence-electron chi connectivity index (χ3n) is 5.16. The summed E-state index contributed by atoms with van der Waals surface area (Å²) in [6.45, 7) is 6.43. The Kier molecular flexibility index (Phi) is 5.50. The minimum Gasteiger partial charge on any atom is -0.311 e. The third kappa shape index (κ3) is 3.78. The Bertz CT molecular complexity index is 1270. The maximum absolute atomic E-state index is 13.2. The fourth-order valence-corrected chi connectivity index (χ4v) is 4.46. The van der Waals surface area contributed by atoms with E-state index in [-0.39, 0.29) is 18.0 Å². The number of hydrogen-bond donors (Lipinski definition) is 0. The van der Waals surface area contributed by atoms with Gasteiger partial charge in [-0.15, -0.1) is 11.3 Å². The molecule has 152 valence electrons. The van der Waals surface area contributed by atoms with Crippen LogP contribution in [0.1, 0.15) is 18.1 Å². The molecule has 2 heterocycles. The second-order valence-electron chi connectivity index (χ2n) is 7.35. The first-order valence-corrected chi connectivity index (χ1v) is 10.8. The Morgan fingerprint density at radius 2 is 1.87 bits per heavy atom. The first kappa shape index (κ1) is 20.0. The van der Waals surface area contributed by atoms with Crippen LogP contribution in [-0.2, 0) is 11.3 Å². The summed E-state index contributed by atoms with van der Waals surface area (Å²) in [5, 5.41) is 2.53. The minimum absolute atomic E-state index is 0.0489. The molecule has 0 N–H and O–H groups in total. The van der Waals surface area contributed by atoms with Crippen molar-refractivity contribution in [2.24, 2.45) is 0 Å². The van der Waals surface area contributed by atoms with Crippen LogP contribution in [0.2, 0.25) is 0 Å². The van der Waals surface area contributed by atoms with Crippen LogP contribution in [0.5, 0.6) is 0 Å². The monoisotopic (exact) mass is 417 g/mol. The summed E-state index contributed by atoms with van der Waals surface area (Å²) in [6, 6.07) is 15.9. The molecule has 2 aromatic heterocycles. The Hall–Kier alpha value is -3.25. The lowest BCUT2D eigenvalue weighted by Crippen LogP contribution is -2.36. The maximum Gasteiger partial charge on any atom is 0.263 e. The number of thiophene rings is 1. The Morgan fingerprint density at radius 3 is 2.57 bits per heavy atom. The molecule has 5 nitrogen and oxygen atoms in total. The lowest BCUT2D eigenvalue weighted by atomic mass is 10.1. The first-order valence-electron chi connectivity index (χ1n) is 9.88.